The molecule has 0 spiro atoms. The summed E-state index contributed by atoms with van der Waals surface area (Å²) in [6, 6.07) is 52.0. The normalized spacial score (nSPS) is 20.2. The Morgan fingerprint density at radius 2 is 0.982 bits per heavy atom. The van der Waals surface area contributed by atoms with Crippen LogP contribution in [0.25, 0.3) is 0 Å². The standard InChI is InChI=1S/C48H56O6Si/c1-5-6-22-33-49-47-46(52-36-40-27-16-9-17-28-40)45(51-35-39-25-14-8-15-26-39)44(50-34-38-23-12-7-13-24-38)43(54-47)37-53-55(48(2,3)4,41-29-18-10-19-30-41)42-31-20-11-21-32-42/h5,7-21,23-32,43-47H,1,6,22,33-37H2,2-4H3/t43?,44-,45?,46?,47-/m1/s1. The van der Waals surface area contributed by atoms with Gasteiger partial charge in [0, 0.05) is 0 Å². The molecule has 0 radical (unpaired) electrons. The molecule has 1 aliphatic rings. The zero-order chi connectivity index (χ0) is 38.4. The van der Waals surface area contributed by atoms with Gasteiger partial charge in [-0.1, -0.05) is 179 Å². The van der Waals surface area contributed by atoms with E-state index in [0.717, 1.165) is 29.5 Å². The zero-order valence-electron chi connectivity index (χ0n) is 32.5. The lowest BCUT2D eigenvalue weighted by Crippen LogP contribution is -2.68. The van der Waals surface area contributed by atoms with E-state index in [0.29, 0.717) is 26.4 Å². The molecule has 5 aromatic carbocycles. The third-order valence-electron chi connectivity index (χ3n) is 10.2. The largest absolute Gasteiger partial charge is 0.405 e. The predicted octanol–water partition coefficient (Wildman–Crippen LogP) is 9.03. The van der Waals surface area contributed by atoms with Crippen LogP contribution >= 0.6 is 0 Å². The molecule has 1 aliphatic heterocycles. The summed E-state index contributed by atoms with van der Waals surface area (Å²) in [6.07, 6.45) is 0.549. The van der Waals surface area contributed by atoms with Crippen molar-refractivity contribution in [3.63, 3.8) is 0 Å². The van der Waals surface area contributed by atoms with Gasteiger partial charge in [-0.3, -0.25) is 0 Å². The molecule has 3 unspecified atom stereocenters. The molecule has 288 valence electrons. The molecule has 7 heteroatoms. The quantitative estimate of drug-likeness (QED) is 0.0477. The summed E-state index contributed by atoms with van der Waals surface area (Å²) in [5.74, 6) is 0. The third-order valence-corrected chi connectivity index (χ3v) is 15.2. The van der Waals surface area contributed by atoms with Crippen molar-refractivity contribution in [3.8, 4) is 0 Å². The van der Waals surface area contributed by atoms with E-state index in [9.17, 15) is 0 Å². The van der Waals surface area contributed by atoms with Gasteiger partial charge in [0.1, 0.15) is 24.4 Å². The molecule has 1 fully saturated rings. The fourth-order valence-corrected chi connectivity index (χ4v) is 12.0. The van der Waals surface area contributed by atoms with Crippen LogP contribution in [0.4, 0.5) is 0 Å². The van der Waals surface area contributed by atoms with E-state index in [4.69, 9.17) is 28.1 Å². The molecule has 1 saturated heterocycles. The maximum atomic E-state index is 7.52. The van der Waals surface area contributed by atoms with Crippen LogP contribution in [0.1, 0.15) is 50.3 Å². The lowest BCUT2D eigenvalue weighted by molar-refractivity contribution is -0.326. The number of benzene rings is 5. The minimum atomic E-state index is -2.94. The van der Waals surface area contributed by atoms with Crippen molar-refractivity contribution in [2.24, 2.45) is 0 Å². The fraction of sp³-hybridized carbons (Fsp3) is 0.333. The van der Waals surface area contributed by atoms with Crippen LogP contribution in [-0.2, 0) is 47.9 Å². The van der Waals surface area contributed by atoms with Gasteiger partial charge in [-0.05, 0) is 44.9 Å². The molecule has 6 rings (SSSR count). The highest BCUT2D eigenvalue weighted by Gasteiger charge is 2.53. The molecule has 1 heterocycles. The van der Waals surface area contributed by atoms with Crippen LogP contribution in [0.5, 0.6) is 0 Å². The first-order valence-corrected chi connectivity index (χ1v) is 21.4. The van der Waals surface area contributed by atoms with Crippen molar-refractivity contribution in [1.82, 2.24) is 0 Å². The second-order valence-electron chi connectivity index (χ2n) is 15.1. The highest BCUT2D eigenvalue weighted by molar-refractivity contribution is 6.99. The fourth-order valence-electron chi connectivity index (χ4n) is 7.41. The van der Waals surface area contributed by atoms with E-state index in [1.165, 1.54) is 10.4 Å². The van der Waals surface area contributed by atoms with Gasteiger partial charge in [-0.15, -0.1) is 6.58 Å². The minimum Gasteiger partial charge on any atom is -0.405 e. The molecule has 6 nitrogen and oxygen atoms in total. The molecular formula is C48H56O6Si. The number of allylic oxidation sites excluding steroid dienone is 1. The number of ether oxygens (including phenoxy) is 5. The van der Waals surface area contributed by atoms with Crippen molar-refractivity contribution >= 4 is 18.7 Å². The zero-order valence-corrected chi connectivity index (χ0v) is 33.5. The first kappa shape index (κ1) is 40.5. The molecular weight excluding hydrogens is 701 g/mol. The molecule has 0 amide bonds. The lowest BCUT2D eigenvalue weighted by Gasteiger charge is -2.48. The number of unbranched alkanes of at least 4 members (excludes halogenated alkanes) is 1. The Hall–Kier alpha value is -4.18. The summed E-state index contributed by atoms with van der Waals surface area (Å²) in [5.41, 5.74) is 3.16. The van der Waals surface area contributed by atoms with Gasteiger partial charge in [0.25, 0.3) is 8.32 Å². The van der Waals surface area contributed by atoms with E-state index < -0.39 is 39.0 Å². The van der Waals surface area contributed by atoms with Gasteiger partial charge < -0.3 is 28.1 Å². The second kappa shape index (κ2) is 20.1. The van der Waals surface area contributed by atoms with Gasteiger partial charge in [0.15, 0.2) is 6.29 Å². The number of rotatable bonds is 19. The average Bonchev–Trinajstić information content (AvgIpc) is 3.22. The molecule has 0 aliphatic carbocycles. The Morgan fingerprint density at radius 3 is 1.42 bits per heavy atom. The van der Waals surface area contributed by atoms with Crippen molar-refractivity contribution in [3.05, 3.63) is 181 Å². The van der Waals surface area contributed by atoms with E-state index in [-0.39, 0.29) is 11.6 Å². The summed E-state index contributed by atoms with van der Waals surface area (Å²) < 4.78 is 41.9. The third kappa shape index (κ3) is 10.6. The summed E-state index contributed by atoms with van der Waals surface area (Å²) in [5, 5.41) is 2.17. The maximum absolute atomic E-state index is 7.52. The molecule has 0 saturated carbocycles. The average molecular weight is 757 g/mol. The second-order valence-corrected chi connectivity index (χ2v) is 19.4. The van der Waals surface area contributed by atoms with E-state index in [2.05, 4.69) is 124 Å². The van der Waals surface area contributed by atoms with Crippen LogP contribution < -0.4 is 10.4 Å². The summed E-state index contributed by atoms with van der Waals surface area (Å²) >= 11 is 0. The van der Waals surface area contributed by atoms with Gasteiger partial charge >= 0.3 is 0 Å². The number of hydrogen-bond donors (Lipinski definition) is 0. The Labute approximate surface area is 329 Å². The van der Waals surface area contributed by atoms with E-state index in [1.807, 2.05) is 60.7 Å². The van der Waals surface area contributed by atoms with Gasteiger partial charge in [-0.25, -0.2) is 0 Å². The first-order chi connectivity index (χ1) is 26.9. The molecule has 0 aromatic heterocycles. The highest BCUT2D eigenvalue weighted by atomic mass is 28.4. The van der Waals surface area contributed by atoms with Gasteiger partial charge in [0.2, 0.25) is 0 Å². The van der Waals surface area contributed by atoms with E-state index >= 15 is 0 Å². The summed E-state index contributed by atoms with van der Waals surface area (Å²) in [4.78, 5) is 0. The molecule has 0 N–H and O–H groups in total. The summed E-state index contributed by atoms with van der Waals surface area (Å²) in [7, 11) is -2.94. The number of hydrogen-bond acceptors (Lipinski definition) is 6. The predicted molar refractivity (Wildman–Crippen MR) is 223 cm³/mol. The van der Waals surface area contributed by atoms with Crippen LogP contribution in [-0.4, -0.2) is 52.2 Å². The minimum absolute atomic E-state index is 0.226. The Morgan fingerprint density at radius 1 is 0.564 bits per heavy atom. The lowest BCUT2D eigenvalue weighted by atomic mass is 9.98. The molecule has 5 aromatic rings. The van der Waals surface area contributed by atoms with Crippen molar-refractivity contribution < 1.29 is 28.1 Å². The topological polar surface area (TPSA) is 55.4 Å². The van der Waals surface area contributed by atoms with Gasteiger partial charge in [-0.2, -0.15) is 0 Å². The SMILES string of the molecule is C=CCCCO[C@@H]1OC(CO[Si](c2ccccc2)(c2ccccc2)C(C)(C)C)[C@@H](OCc2ccccc2)C(OCc2ccccc2)C1OCc1ccccc1. The van der Waals surface area contributed by atoms with E-state index in [1.54, 1.807) is 0 Å². The van der Waals surface area contributed by atoms with Crippen molar-refractivity contribution in [2.45, 2.75) is 89.2 Å². The Kier molecular flexibility index (Phi) is 14.8. The van der Waals surface area contributed by atoms with Crippen LogP contribution in [0.15, 0.2) is 164 Å². The smallest absolute Gasteiger partial charge is 0.261 e. The van der Waals surface area contributed by atoms with Crippen molar-refractivity contribution in [1.29, 1.82) is 0 Å². The Bertz CT molecular complexity index is 1780. The van der Waals surface area contributed by atoms with Crippen molar-refractivity contribution in [2.75, 3.05) is 13.2 Å². The Balaban J connectivity index is 1.40. The maximum Gasteiger partial charge on any atom is 0.261 e. The van der Waals surface area contributed by atoms with Crippen LogP contribution in [0, 0.1) is 0 Å². The van der Waals surface area contributed by atoms with Crippen LogP contribution in [0.2, 0.25) is 5.04 Å². The molecule has 0 bridgehead atoms. The van der Waals surface area contributed by atoms with Crippen LogP contribution in [0.3, 0.4) is 0 Å². The first-order valence-electron chi connectivity index (χ1n) is 19.5. The molecule has 5 atom stereocenters. The highest BCUT2D eigenvalue weighted by Crippen LogP contribution is 2.38. The monoisotopic (exact) mass is 756 g/mol. The summed E-state index contributed by atoms with van der Waals surface area (Å²) in [6.45, 7) is 12.6. The van der Waals surface area contributed by atoms with Gasteiger partial charge in [0.05, 0.1) is 33.0 Å². The molecule has 55 heavy (non-hydrogen) atoms.